The number of rotatable bonds is 3. The first-order valence-corrected chi connectivity index (χ1v) is 7.02. The number of aryl methyl sites for hydroxylation is 2. The van der Waals surface area contributed by atoms with Crippen LogP contribution in [0.1, 0.15) is 41.3 Å². The van der Waals surface area contributed by atoms with Crippen LogP contribution >= 0.6 is 0 Å². The summed E-state index contributed by atoms with van der Waals surface area (Å²) in [4.78, 5) is 14.7. The zero-order valence-corrected chi connectivity index (χ0v) is 12.0. The van der Waals surface area contributed by atoms with E-state index >= 15 is 0 Å². The Kier molecular flexibility index (Phi) is 4.38. The summed E-state index contributed by atoms with van der Waals surface area (Å²) in [5, 5.41) is 9.73. The Morgan fingerprint density at radius 2 is 2.16 bits per heavy atom. The third-order valence-corrected chi connectivity index (χ3v) is 4.01. The van der Waals surface area contributed by atoms with Gasteiger partial charge in [0.15, 0.2) is 5.78 Å². The van der Waals surface area contributed by atoms with E-state index in [0.29, 0.717) is 6.54 Å². The number of aliphatic hydroxyl groups excluding tert-OH is 1. The second-order valence-corrected chi connectivity index (χ2v) is 5.65. The Morgan fingerprint density at radius 1 is 1.42 bits per heavy atom. The van der Waals surface area contributed by atoms with Crippen molar-refractivity contribution in [2.75, 3.05) is 13.1 Å². The Hall–Kier alpha value is -1.19. The van der Waals surface area contributed by atoms with E-state index in [2.05, 4.69) is 4.90 Å². The average molecular weight is 261 g/mol. The lowest BCUT2D eigenvalue weighted by Crippen LogP contribution is -2.46. The van der Waals surface area contributed by atoms with Crippen molar-refractivity contribution in [3.63, 3.8) is 0 Å². The predicted octanol–water partition coefficient (Wildman–Crippen LogP) is 2.33. The van der Waals surface area contributed by atoms with E-state index in [1.165, 1.54) is 0 Å². The molecule has 3 heteroatoms. The standard InChI is InChI=1S/C16H23NO2/c1-11-6-7-12(2)15(9-11)16(19)13(3)17-8-4-5-14(18)10-17/h6-7,9,13-14,18H,4-5,8,10H2,1-3H3. The molecule has 1 aromatic carbocycles. The molecule has 1 fully saturated rings. The molecular weight excluding hydrogens is 238 g/mol. The number of β-amino-alcohol motifs (C(OH)–C–C–N with tert-alkyl or cyclic N) is 1. The fourth-order valence-electron chi connectivity index (χ4n) is 2.73. The van der Waals surface area contributed by atoms with Crippen molar-refractivity contribution in [2.24, 2.45) is 0 Å². The zero-order valence-electron chi connectivity index (χ0n) is 12.0. The lowest BCUT2D eigenvalue weighted by molar-refractivity contribution is 0.0454. The molecule has 0 aromatic heterocycles. The number of aliphatic hydroxyl groups is 1. The maximum atomic E-state index is 12.6. The van der Waals surface area contributed by atoms with Gasteiger partial charge >= 0.3 is 0 Å². The molecule has 0 aliphatic carbocycles. The first kappa shape index (κ1) is 14.2. The Bertz CT molecular complexity index is 470. The Labute approximate surface area is 115 Å². The molecule has 1 aliphatic rings. The lowest BCUT2D eigenvalue weighted by atomic mass is 9.96. The monoisotopic (exact) mass is 261 g/mol. The number of carbonyl (C=O) groups is 1. The van der Waals surface area contributed by atoms with Gasteiger partial charge in [0.25, 0.3) is 0 Å². The van der Waals surface area contributed by atoms with Gasteiger partial charge in [-0.25, -0.2) is 0 Å². The molecule has 104 valence electrons. The van der Waals surface area contributed by atoms with Crippen LogP contribution in [0.3, 0.4) is 0 Å². The second-order valence-electron chi connectivity index (χ2n) is 5.65. The Balaban J connectivity index is 2.16. The number of likely N-dealkylation sites (tertiary alicyclic amines) is 1. The van der Waals surface area contributed by atoms with Crippen molar-refractivity contribution in [3.05, 3.63) is 34.9 Å². The summed E-state index contributed by atoms with van der Waals surface area (Å²) in [6, 6.07) is 5.84. The lowest BCUT2D eigenvalue weighted by Gasteiger charge is -2.34. The van der Waals surface area contributed by atoms with Gasteiger partial charge in [-0.15, -0.1) is 0 Å². The second kappa shape index (κ2) is 5.85. The number of hydrogen-bond acceptors (Lipinski definition) is 3. The van der Waals surface area contributed by atoms with E-state index in [4.69, 9.17) is 0 Å². The summed E-state index contributed by atoms with van der Waals surface area (Å²) >= 11 is 0. The molecule has 19 heavy (non-hydrogen) atoms. The SMILES string of the molecule is Cc1ccc(C)c(C(=O)C(C)N2CCCC(O)C2)c1. The molecule has 0 bridgehead atoms. The van der Waals surface area contributed by atoms with Gasteiger partial charge < -0.3 is 5.11 Å². The molecule has 0 spiro atoms. The first-order chi connectivity index (χ1) is 8.99. The predicted molar refractivity (Wildman–Crippen MR) is 76.5 cm³/mol. The summed E-state index contributed by atoms with van der Waals surface area (Å²) in [5.74, 6) is 0.162. The number of carbonyl (C=O) groups excluding carboxylic acids is 1. The molecule has 2 unspecified atom stereocenters. The maximum absolute atomic E-state index is 12.6. The number of Topliss-reactive ketones (excluding diaryl/α,β-unsaturated/α-hetero) is 1. The Morgan fingerprint density at radius 3 is 2.84 bits per heavy atom. The minimum Gasteiger partial charge on any atom is -0.392 e. The molecule has 1 aromatic rings. The van der Waals surface area contributed by atoms with Gasteiger partial charge in [0, 0.05) is 12.1 Å². The highest BCUT2D eigenvalue weighted by Crippen LogP contribution is 2.18. The molecule has 1 heterocycles. The molecule has 1 N–H and O–H groups in total. The quantitative estimate of drug-likeness (QED) is 0.849. The van der Waals surface area contributed by atoms with Crippen molar-refractivity contribution in [1.82, 2.24) is 4.90 Å². The minimum absolute atomic E-state index is 0.157. The summed E-state index contributed by atoms with van der Waals surface area (Å²) in [6.07, 6.45) is 1.52. The highest BCUT2D eigenvalue weighted by atomic mass is 16.3. The van der Waals surface area contributed by atoms with Crippen LogP contribution in [0.25, 0.3) is 0 Å². The number of ketones is 1. The topological polar surface area (TPSA) is 40.5 Å². The highest BCUT2D eigenvalue weighted by Gasteiger charge is 2.27. The van der Waals surface area contributed by atoms with Crippen LogP contribution in [-0.2, 0) is 0 Å². The van der Waals surface area contributed by atoms with Crippen LogP contribution in [0.4, 0.5) is 0 Å². The van der Waals surface area contributed by atoms with Gasteiger partial charge in [0.1, 0.15) is 0 Å². The van der Waals surface area contributed by atoms with Gasteiger partial charge in [0.2, 0.25) is 0 Å². The van der Waals surface area contributed by atoms with E-state index in [0.717, 1.165) is 36.1 Å². The number of piperidine rings is 1. The van der Waals surface area contributed by atoms with Crippen molar-refractivity contribution < 1.29 is 9.90 Å². The van der Waals surface area contributed by atoms with Crippen LogP contribution in [0.15, 0.2) is 18.2 Å². The highest BCUT2D eigenvalue weighted by molar-refractivity contribution is 6.01. The van der Waals surface area contributed by atoms with E-state index in [1.54, 1.807) is 0 Å². The molecule has 0 amide bonds. The van der Waals surface area contributed by atoms with E-state index < -0.39 is 0 Å². The summed E-state index contributed by atoms with van der Waals surface area (Å²) in [6.45, 7) is 7.44. The van der Waals surface area contributed by atoms with Gasteiger partial charge in [-0.3, -0.25) is 9.69 Å². The maximum Gasteiger partial charge on any atom is 0.179 e. The molecule has 0 radical (unpaired) electrons. The van der Waals surface area contributed by atoms with Crippen LogP contribution in [0.5, 0.6) is 0 Å². The third-order valence-electron chi connectivity index (χ3n) is 4.01. The fourth-order valence-corrected chi connectivity index (χ4v) is 2.73. The zero-order chi connectivity index (χ0) is 14.0. The van der Waals surface area contributed by atoms with Crippen molar-refractivity contribution in [3.8, 4) is 0 Å². The third kappa shape index (κ3) is 3.23. The normalized spacial score (nSPS) is 22.2. The summed E-state index contributed by atoms with van der Waals surface area (Å²) in [7, 11) is 0. The van der Waals surface area contributed by atoms with E-state index in [9.17, 15) is 9.90 Å². The van der Waals surface area contributed by atoms with Crippen LogP contribution in [0, 0.1) is 13.8 Å². The van der Waals surface area contributed by atoms with Crippen molar-refractivity contribution in [2.45, 2.75) is 45.8 Å². The van der Waals surface area contributed by atoms with Crippen molar-refractivity contribution >= 4 is 5.78 Å². The van der Waals surface area contributed by atoms with E-state index in [1.807, 2.05) is 39.0 Å². The number of benzene rings is 1. The fraction of sp³-hybridized carbons (Fsp3) is 0.562. The number of nitrogens with zero attached hydrogens (tertiary/aromatic N) is 1. The molecule has 1 aliphatic heterocycles. The van der Waals surface area contributed by atoms with Gasteiger partial charge in [-0.05, 0) is 51.8 Å². The van der Waals surface area contributed by atoms with Crippen LogP contribution in [-0.4, -0.2) is 41.0 Å². The van der Waals surface area contributed by atoms with Gasteiger partial charge in [-0.2, -0.15) is 0 Å². The molecule has 2 rings (SSSR count). The average Bonchev–Trinajstić information content (AvgIpc) is 2.40. The smallest absolute Gasteiger partial charge is 0.179 e. The number of hydrogen-bond donors (Lipinski definition) is 1. The molecule has 0 saturated carbocycles. The molecule has 3 nitrogen and oxygen atoms in total. The minimum atomic E-state index is -0.289. The molecular formula is C16H23NO2. The molecule has 1 saturated heterocycles. The summed E-state index contributed by atoms with van der Waals surface area (Å²) < 4.78 is 0. The van der Waals surface area contributed by atoms with Crippen LogP contribution in [0.2, 0.25) is 0 Å². The molecule has 2 atom stereocenters. The van der Waals surface area contributed by atoms with E-state index in [-0.39, 0.29) is 17.9 Å². The summed E-state index contributed by atoms with van der Waals surface area (Å²) in [5.41, 5.74) is 2.95. The largest absolute Gasteiger partial charge is 0.392 e. The van der Waals surface area contributed by atoms with Crippen LogP contribution < -0.4 is 0 Å². The first-order valence-electron chi connectivity index (χ1n) is 7.02. The van der Waals surface area contributed by atoms with Gasteiger partial charge in [0.05, 0.1) is 12.1 Å². The van der Waals surface area contributed by atoms with Crippen molar-refractivity contribution in [1.29, 1.82) is 0 Å². The van der Waals surface area contributed by atoms with Gasteiger partial charge in [-0.1, -0.05) is 17.7 Å².